The minimum atomic E-state index is 0.549. The van der Waals surface area contributed by atoms with Crippen molar-refractivity contribution < 1.29 is 0 Å². The van der Waals surface area contributed by atoms with Crippen LogP contribution < -0.4 is 0 Å². The Morgan fingerprint density at radius 3 is 2.20 bits per heavy atom. The second-order valence-electron chi connectivity index (χ2n) is 3.19. The molecule has 0 saturated carbocycles. The molecule has 1 saturated heterocycles. The number of rotatable bonds is 1. The van der Waals surface area contributed by atoms with E-state index in [0.717, 1.165) is 4.99 Å². The van der Waals surface area contributed by atoms with E-state index in [1.165, 1.54) is 25.9 Å². The van der Waals surface area contributed by atoms with E-state index in [1.807, 2.05) is 0 Å². The smallest absolute Gasteiger partial charge is 0.0805 e. The Kier molecular flexibility index (Phi) is 2.66. The van der Waals surface area contributed by atoms with Crippen LogP contribution in [-0.4, -0.2) is 23.0 Å². The molecular weight excluding hydrogens is 142 g/mol. The molecule has 1 rings (SSSR count). The second kappa shape index (κ2) is 3.33. The Morgan fingerprint density at radius 1 is 1.30 bits per heavy atom. The highest BCUT2D eigenvalue weighted by Gasteiger charge is 2.16. The highest BCUT2D eigenvalue weighted by Crippen LogP contribution is 2.12. The van der Waals surface area contributed by atoms with E-state index < -0.39 is 0 Å². The molecule has 0 N–H and O–H groups in total. The van der Waals surface area contributed by atoms with Crippen LogP contribution in [0.3, 0.4) is 0 Å². The van der Waals surface area contributed by atoms with Gasteiger partial charge in [-0.25, -0.2) is 0 Å². The van der Waals surface area contributed by atoms with Crippen LogP contribution in [0.2, 0.25) is 0 Å². The van der Waals surface area contributed by atoms with Crippen LogP contribution in [0.4, 0.5) is 0 Å². The minimum Gasteiger partial charge on any atom is -0.366 e. The summed E-state index contributed by atoms with van der Waals surface area (Å²) in [4.78, 5) is 3.48. The van der Waals surface area contributed by atoms with E-state index in [2.05, 4.69) is 18.7 Å². The molecule has 10 heavy (non-hydrogen) atoms. The lowest BCUT2D eigenvalue weighted by molar-refractivity contribution is 0.501. The molecule has 0 aromatic heterocycles. The molecule has 0 atom stereocenters. The predicted molar refractivity (Wildman–Crippen MR) is 48.2 cm³/mol. The predicted octanol–water partition coefficient (Wildman–Crippen LogP) is 2.07. The first-order chi connectivity index (χ1) is 4.72. The van der Waals surface area contributed by atoms with E-state index in [1.54, 1.807) is 0 Å². The lowest BCUT2D eigenvalue weighted by Crippen LogP contribution is -2.29. The Balaban J connectivity index is 2.40. The van der Waals surface area contributed by atoms with Crippen LogP contribution >= 0.6 is 12.2 Å². The molecule has 0 radical (unpaired) electrons. The standard InChI is InChI=1S/C8H15NS/c1-7(2)8(10)9-5-3-4-6-9/h7H,3-6H2,1-2H3. The Morgan fingerprint density at radius 2 is 1.80 bits per heavy atom. The quantitative estimate of drug-likeness (QED) is 0.536. The summed E-state index contributed by atoms with van der Waals surface area (Å²) in [5.74, 6) is 0.549. The Labute approximate surface area is 68.4 Å². The maximum absolute atomic E-state index is 5.26. The highest BCUT2D eigenvalue weighted by atomic mass is 32.1. The molecule has 0 bridgehead atoms. The van der Waals surface area contributed by atoms with Gasteiger partial charge in [0.25, 0.3) is 0 Å². The van der Waals surface area contributed by atoms with E-state index >= 15 is 0 Å². The largest absolute Gasteiger partial charge is 0.366 e. The van der Waals surface area contributed by atoms with Crippen LogP contribution in [0.25, 0.3) is 0 Å². The second-order valence-corrected chi connectivity index (χ2v) is 3.61. The fraction of sp³-hybridized carbons (Fsp3) is 0.875. The molecule has 0 aromatic rings. The van der Waals surface area contributed by atoms with Crippen molar-refractivity contribution in [2.45, 2.75) is 26.7 Å². The van der Waals surface area contributed by atoms with Crippen LogP contribution in [0.1, 0.15) is 26.7 Å². The maximum atomic E-state index is 5.26. The normalized spacial score (nSPS) is 18.5. The van der Waals surface area contributed by atoms with E-state index in [-0.39, 0.29) is 0 Å². The van der Waals surface area contributed by atoms with Gasteiger partial charge in [0.2, 0.25) is 0 Å². The first kappa shape index (κ1) is 7.99. The van der Waals surface area contributed by atoms with E-state index in [9.17, 15) is 0 Å². The van der Waals surface area contributed by atoms with Crippen molar-refractivity contribution >= 4 is 17.2 Å². The summed E-state index contributed by atoms with van der Waals surface area (Å²) >= 11 is 5.26. The van der Waals surface area contributed by atoms with Gasteiger partial charge in [0.15, 0.2) is 0 Å². The summed E-state index contributed by atoms with van der Waals surface area (Å²) in [6.07, 6.45) is 2.65. The lowest BCUT2D eigenvalue weighted by atomic mass is 10.2. The number of thiocarbonyl (C=S) groups is 1. The van der Waals surface area contributed by atoms with Crippen molar-refractivity contribution in [3.8, 4) is 0 Å². The number of hydrogen-bond acceptors (Lipinski definition) is 1. The SMILES string of the molecule is CC(C)C(=S)N1CCCC1. The molecule has 0 spiro atoms. The average Bonchev–Trinajstić information content (AvgIpc) is 2.36. The first-order valence-corrected chi connectivity index (χ1v) is 4.41. The maximum Gasteiger partial charge on any atom is 0.0805 e. The third kappa shape index (κ3) is 1.69. The van der Waals surface area contributed by atoms with Crippen LogP contribution in [0.5, 0.6) is 0 Å². The fourth-order valence-corrected chi connectivity index (χ4v) is 1.49. The first-order valence-electron chi connectivity index (χ1n) is 4.00. The van der Waals surface area contributed by atoms with Crippen molar-refractivity contribution in [2.75, 3.05) is 13.1 Å². The van der Waals surface area contributed by atoms with Gasteiger partial charge in [-0.2, -0.15) is 0 Å². The van der Waals surface area contributed by atoms with Gasteiger partial charge in [0, 0.05) is 19.0 Å². The van der Waals surface area contributed by atoms with Gasteiger partial charge in [-0.15, -0.1) is 0 Å². The number of likely N-dealkylation sites (tertiary alicyclic amines) is 1. The van der Waals surface area contributed by atoms with Gasteiger partial charge < -0.3 is 4.90 Å². The summed E-state index contributed by atoms with van der Waals surface area (Å²) in [5.41, 5.74) is 0. The van der Waals surface area contributed by atoms with Crippen LogP contribution in [0, 0.1) is 5.92 Å². The molecule has 0 aliphatic carbocycles. The molecular formula is C8H15NS. The van der Waals surface area contributed by atoms with E-state index in [0.29, 0.717) is 5.92 Å². The van der Waals surface area contributed by atoms with Crippen molar-refractivity contribution in [2.24, 2.45) is 5.92 Å². The number of nitrogens with zero attached hydrogens (tertiary/aromatic N) is 1. The zero-order chi connectivity index (χ0) is 7.56. The molecule has 1 nitrogen and oxygen atoms in total. The highest BCUT2D eigenvalue weighted by molar-refractivity contribution is 7.80. The van der Waals surface area contributed by atoms with Crippen molar-refractivity contribution in [1.82, 2.24) is 4.90 Å². The Hall–Kier alpha value is -0.110. The monoisotopic (exact) mass is 157 g/mol. The minimum absolute atomic E-state index is 0.549. The van der Waals surface area contributed by atoms with Gasteiger partial charge in [-0.3, -0.25) is 0 Å². The molecule has 1 fully saturated rings. The topological polar surface area (TPSA) is 3.24 Å². The van der Waals surface area contributed by atoms with Crippen LogP contribution in [0.15, 0.2) is 0 Å². The third-order valence-corrected chi connectivity index (χ3v) is 2.64. The van der Waals surface area contributed by atoms with Crippen LogP contribution in [-0.2, 0) is 0 Å². The summed E-state index contributed by atoms with van der Waals surface area (Å²) in [6.45, 7) is 6.72. The molecule has 0 aromatic carbocycles. The van der Waals surface area contributed by atoms with Gasteiger partial charge >= 0.3 is 0 Å². The molecule has 0 unspecified atom stereocenters. The van der Waals surface area contributed by atoms with Crippen molar-refractivity contribution in [3.63, 3.8) is 0 Å². The molecule has 1 aliphatic heterocycles. The molecule has 58 valence electrons. The van der Waals surface area contributed by atoms with Gasteiger partial charge in [-0.1, -0.05) is 26.1 Å². The van der Waals surface area contributed by atoms with Gasteiger partial charge in [0.05, 0.1) is 4.99 Å². The average molecular weight is 157 g/mol. The molecule has 1 aliphatic rings. The molecule has 0 amide bonds. The van der Waals surface area contributed by atoms with Gasteiger partial charge in [0.1, 0.15) is 0 Å². The summed E-state index contributed by atoms with van der Waals surface area (Å²) < 4.78 is 0. The summed E-state index contributed by atoms with van der Waals surface area (Å²) in [5, 5.41) is 0. The van der Waals surface area contributed by atoms with E-state index in [4.69, 9.17) is 12.2 Å². The summed E-state index contributed by atoms with van der Waals surface area (Å²) in [7, 11) is 0. The number of hydrogen-bond donors (Lipinski definition) is 0. The zero-order valence-electron chi connectivity index (χ0n) is 6.76. The zero-order valence-corrected chi connectivity index (χ0v) is 7.58. The molecule has 2 heteroatoms. The summed E-state index contributed by atoms with van der Waals surface area (Å²) in [6, 6.07) is 0. The third-order valence-electron chi connectivity index (χ3n) is 1.91. The Bertz CT molecular complexity index is 125. The lowest BCUT2D eigenvalue weighted by Gasteiger charge is -2.20. The van der Waals surface area contributed by atoms with Crippen molar-refractivity contribution in [1.29, 1.82) is 0 Å². The molecule has 1 heterocycles. The van der Waals surface area contributed by atoms with Crippen molar-refractivity contribution in [3.05, 3.63) is 0 Å². The van der Waals surface area contributed by atoms with Gasteiger partial charge in [-0.05, 0) is 12.8 Å². The fourth-order valence-electron chi connectivity index (χ4n) is 1.30.